The molecule has 0 radical (unpaired) electrons. The number of hydrogen-bond acceptors (Lipinski definition) is 3. The van der Waals surface area contributed by atoms with Gasteiger partial charge >= 0.3 is 0 Å². The number of anilines is 2. The fourth-order valence-corrected chi connectivity index (χ4v) is 4.65. The second-order valence-corrected chi connectivity index (χ2v) is 8.22. The second kappa shape index (κ2) is 5.50. The molecule has 2 fully saturated rings. The van der Waals surface area contributed by atoms with Crippen LogP contribution < -0.4 is 16.2 Å². The highest BCUT2D eigenvalue weighted by Gasteiger charge is 2.44. The van der Waals surface area contributed by atoms with Crippen LogP contribution in [0, 0.1) is 5.41 Å². The van der Waals surface area contributed by atoms with E-state index in [1.54, 1.807) is 4.57 Å². The quantitative estimate of drug-likeness (QED) is 0.845. The smallest absolute Gasteiger partial charge is 0.254 e. The molecule has 1 saturated heterocycles. The van der Waals surface area contributed by atoms with Gasteiger partial charge in [0.25, 0.3) is 5.56 Å². The van der Waals surface area contributed by atoms with Crippen LogP contribution in [0.1, 0.15) is 36.8 Å². The molecule has 5 rings (SSSR count). The SMILES string of the molecule is Cn1cc(-c2cc(N)ccc2N2CCC3(CC2)CC3)c2c(c1=O)CC=C2. The average molecular weight is 347 g/mol. The van der Waals surface area contributed by atoms with Gasteiger partial charge < -0.3 is 15.2 Å². The van der Waals surface area contributed by atoms with Crippen molar-refractivity contribution < 1.29 is 0 Å². The van der Waals surface area contributed by atoms with Crippen molar-refractivity contribution in [3.05, 3.63) is 52.0 Å². The third-order valence-electron chi connectivity index (χ3n) is 6.56. The number of aromatic nitrogens is 1. The third-order valence-corrected chi connectivity index (χ3v) is 6.56. The van der Waals surface area contributed by atoms with Crippen LogP contribution in [0.4, 0.5) is 11.4 Å². The van der Waals surface area contributed by atoms with Gasteiger partial charge in [-0.1, -0.05) is 12.2 Å². The fraction of sp³-hybridized carbons (Fsp3) is 0.409. The fourth-order valence-electron chi connectivity index (χ4n) is 4.65. The Labute approximate surface area is 153 Å². The van der Waals surface area contributed by atoms with Gasteiger partial charge in [0.1, 0.15) is 0 Å². The van der Waals surface area contributed by atoms with Crippen LogP contribution in [-0.4, -0.2) is 17.7 Å². The lowest BCUT2D eigenvalue weighted by atomic mass is 9.91. The maximum absolute atomic E-state index is 12.5. The average Bonchev–Trinajstić information content (AvgIpc) is 3.20. The predicted octanol–water partition coefficient (Wildman–Crippen LogP) is 3.58. The van der Waals surface area contributed by atoms with Crippen molar-refractivity contribution in [1.29, 1.82) is 0 Å². The molecule has 4 heteroatoms. The minimum atomic E-state index is 0.104. The van der Waals surface area contributed by atoms with Gasteiger partial charge in [0.05, 0.1) is 0 Å². The van der Waals surface area contributed by atoms with Gasteiger partial charge in [-0.25, -0.2) is 0 Å². The summed E-state index contributed by atoms with van der Waals surface area (Å²) in [7, 11) is 1.84. The lowest BCUT2D eigenvalue weighted by Crippen LogP contribution is -2.34. The zero-order valence-corrected chi connectivity index (χ0v) is 15.3. The lowest BCUT2D eigenvalue weighted by Gasteiger charge is -2.35. The molecule has 134 valence electrons. The Kier molecular flexibility index (Phi) is 3.33. The minimum absolute atomic E-state index is 0.104. The van der Waals surface area contributed by atoms with Crippen molar-refractivity contribution in [3.8, 4) is 11.1 Å². The summed E-state index contributed by atoms with van der Waals surface area (Å²) < 4.78 is 1.71. The zero-order valence-electron chi connectivity index (χ0n) is 15.3. The molecular weight excluding hydrogens is 322 g/mol. The number of nitrogen functional groups attached to an aromatic ring is 1. The molecule has 0 unspecified atom stereocenters. The molecule has 1 aromatic carbocycles. The summed E-state index contributed by atoms with van der Waals surface area (Å²) in [6, 6.07) is 6.23. The first-order valence-electron chi connectivity index (χ1n) is 9.60. The number of nitrogens with zero attached hydrogens (tertiary/aromatic N) is 2. The second-order valence-electron chi connectivity index (χ2n) is 8.22. The molecule has 0 atom stereocenters. The monoisotopic (exact) mass is 347 g/mol. The molecule has 4 nitrogen and oxygen atoms in total. The van der Waals surface area contributed by atoms with Crippen molar-refractivity contribution in [2.24, 2.45) is 12.5 Å². The summed E-state index contributed by atoms with van der Waals surface area (Å²) in [4.78, 5) is 15.0. The van der Waals surface area contributed by atoms with Crippen molar-refractivity contribution >= 4 is 17.5 Å². The molecule has 1 spiro atoms. The first-order valence-corrected chi connectivity index (χ1v) is 9.60. The summed E-state index contributed by atoms with van der Waals surface area (Å²) in [6.07, 6.45) is 12.3. The summed E-state index contributed by atoms with van der Waals surface area (Å²) >= 11 is 0. The van der Waals surface area contributed by atoms with E-state index in [2.05, 4.69) is 29.2 Å². The Morgan fingerprint density at radius 2 is 1.85 bits per heavy atom. The molecule has 2 heterocycles. The summed E-state index contributed by atoms with van der Waals surface area (Å²) in [5.41, 5.74) is 13.2. The molecular formula is C22H25N3O. The Morgan fingerprint density at radius 1 is 1.08 bits per heavy atom. The zero-order chi connectivity index (χ0) is 17.9. The highest BCUT2D eigenvalue weighted by Crippen LogP contribution is 2.54. The number of rotatable bonds is 2. The molecule has 2 aliphatic carbocycles. The Morgan fingerprint density at radius 3 is 2.58 bits per heavy atom. The van der Waals surface area contributed by atoms with E-state index in [9.17, 15) is 4.79 Å². The number of aryl methyl sites for hydroxylation is 1. The number of hydrogen-bond donors (Lipinski definition) is 1. The first kappa shape index (κ1) is 15.7. The molecule has 2 aromatic rings. The van der Waals surface area contributed by atoms with E-state index in [4.69, 9.17) is 5.73 Å². The topological polar surface area (TPSA) is 51.3 Å². The number of benzene rings is 1. The van der Waals surface area contributed by atoms with Crippen molar-refractivity contribution in [3.63, 3.8) is 0 Å². The van der Waals surface area contributed by atoms with Crippen LogP contribution in [0.15, 0.2) is 35.3 Å². The van der Waals surface area contributed by atoms with Crippen LogP contribution in [0.3, 0.4) is 0 Å². The molecule has 2 N–H and O–H groups in total. The largest absolute Gasteiger partial charge is 0.399 e. The van der Waals surface area contributed by atoms with E-state index in [0.29, 0.717) is 5.41 Å². The van der Waals surface area contributed by atoms with E-state index < -0.39 is 0 Å². The maximum Gasteiger partial charge on any atom is 0.254 e. The van der Waals surface area contributed by atoms with Crippen LogP contribution >= 0.6 is 0 Å². The van der Waals surface area contributed by atoms with Gasteiger partial charge in [0.15, 0.2) is 0 Å². The molecule has 1 aromatic heterocycles. The Bertz CT molecular complexity index is 972. The molecule has 0 amide bonds. The molecule has 1 aliphatic heterocycles. The summed E-state index contributed by atoms with van der Waals surface area (Å²) in [5, 5.41) is 0. The third kappa shape index (κ3) is 2.39. The van der Waals surface area contributed by atoms with E-state index >= 15 is 0 Å². The molecule has 0 bridgehead atoms. The minimum Gasteiger partial charge on any atom is -0.399 e. The Balaban J connectivity index is 1.63. The Hall–Kier alpha value is -2.49. The van der Waals surface area contributed by atoms with Crippen molar-refractivity contribution in [2.75, 3.05) is 23.7 Å². The number of piperidine rings is 1. The lowest BCUT2D eigenvalue weighted by molar-refractivity contribution is 0.384. The molecule has 26 heavy (non-hydrogen) atoms. The standard InChI is InChI=1S/C22H25N3O/c1-24-14-19(16-3-2-4-17(16)21(24)26)18-13-15(23)5-6-20(18)25-11-9-22(7-8-22)10-12-25/h2-3,5-6,13-14H,4,7-12,23H2,1H3. The van der Waals surface area contributed by atoms with Gasteiger partial charge in [0.2, 0.25) is 0 Å². The van der Waals surface area contributed by atoms with Crippen molar-refractivity contribution in [1.82, 2.24) is 4.57 Å². The number of pyridine rings is 1. The van der Waals surface area contributed by atoms with Gasteiger partial charge in [-0.05, 0) is 61.3 Å². The van der Waals surface area contributed by atoms with Gasteiger partial charge in [-0.3, -0.25) is 4.79 Å². The van der Waals surface area contributed by atoms with Crippen LogP contribution in [0.2, 0.25) is 0 Å². The van der Waals surface area contributed by atoms with Crippen LogP contribution in [-0.2, 0) is 13.5 Å². The summed E-state index contributed by atoms with van der Waals surface area (Å²) in [6.45, 7) is 2.22. The van der Waals surface area contributed by atoms with Gasteiger partial charge in [-0.15, -0.1) is 0 Å². The van der Waals surface area contributed by atoms with Crippen molar-refractivity contribution in [2.45, 2.75) is 32.1 Å². The maximum atomic E-state index is 12.5. The van der Waals surface area contributed by atoms with Gasteiger partial charge in [-0.2, -0.15) is 0 Å². The predicted molar refractivity (Wildman–Crippen MR) is 107 cm³/mol. The highest BCUT2D eigenvalue weighted by atomic mass is 16.1. The highest BCUT2D eigenvalue weighted by molar-refractivity contribution is 5.87. The van der Waals surface area contributed by atoms with Gasteiger partial charge in [0, 0.05) is 54.4 Å². The van der Waals surface area contributed by atoms with E-state index in [1.807, 2.05) is 19.3 Å². The normalized spacial score (nSPS) is 19.8. The summed E-state index contributed by atoms with van der Waals surface area (Å²) in [5.74, 6) is 0. The molecule has 3 aliphatic rings. The number of fused-ring (bicyclic) bond motifs is 1. The van der Waals surface area contributed by atoms with E-state index in [-0.39, 0.29) is 5.56 Å². The number of allylic oxidation sites excluding steroid dienone is 1. The van der Waals surface area contributed by atoms with Crippen LogP contribution in [0.5, 0.6) is 0 Å². The molecule has 1 saturated carbocycles. The van der Waals surface area contributed by atoms with Crippen LogP contribution in [0.25, 0.3) is 17.2 Å². The first-order chi connectivity index (χ1) is 12.6. The van der Waals surface area contributed by atoms with E-state index in [1.165, 1.54) is 31.4 Å². The van der Waals surface area contributed by atoms with E-state index in [0.717, 1.165) is 47.5 Å². The number of nitrogens with two attached hydrogens (primary N) is 1.